The van der Waals surface area contributed by atoms with E-state index in [1.54, 1.807) is 0 Å². The van der Waals surface area contributed by atoms with E-state index in [9.17, 15) is 14.4 Å². The van der Waals surface area contributed by atoms with Gasteiger partial charge in [-0.15, -0.1) is 0 Å². The molecule has 1 aliphatic heterocycles. The molecule has 1 saturated heterocycles. The summed E-state index contributed by atoms with van der Waals surface area (Å²) in [4.78, 5) is 38.3. The lowest BCUT2D eigenvalue weighted by Crippen LogP contribution is -2.47. The summed E-state index contributed by atoms with van der Waals surface area (Å²) in [5, 5.41) is 0. The smallest absolute Gasteiger partial charge is 0.322 e. The van der Waals surface area contributed by atoms with Gasteiger partial charge in [-0.25, -0.2) is 0 Å². The van der Waals surface area contributed by atoms with Gasteiger partial charge in [0.25, 0.3) is 0 Å². The van der Waals surface area contributed by atoms with Gasteiger partial charge in [0.1, 0.15) is 21.2 Å². The van der Waals surface area contributed by atoms with Gasteiger partial charge in [-0.1, -0.05) is 51.6 Å². The van der Waals surface area contributed by atoms with E-state index in [4.69, 9.17) is 14.2 Å². The third-order valence-electron chi connectivity index (χ3n) is 7.00. The maximum atomic E-state index is 13.2. The van der Waals surface area contributed by atoms with Crippen LogP contribution in [-0.4, -0.2) is 43.6 Å². The Morgan fingerprint density at radius 1 is 1.25 bits per heavy atom. The first kappa shape index (κ1) is 21.1. The van der Waals surface area contributed by atoms with E-state index in [1.165, 1.54) is 6.42 Å². The van der Waals surface area contributed by atoms with Gasteiger partial charge >= 0.3 is 17.9 Å². The fourth-order valence-corrected chi connectivity index (χ4v) is 5.92. The minimum atomic E-state index is -0.645. The molecule has 28 heavy (non-hydrogen) atoms. The highest BCUT2D eigenvalue weighted by Crippen LogP contribution is 2.59. The van der Waals surface area contributed by atoms with Crippen molar-refractivity contribution in [3.05, 3.63) is 0 Å². The van der Waals surface area contributed by atoms with E-state index >= 15 is 0 Å². The van der Waals surface area contributed by atoms with Gasteiger partial charge in [0.15, 0.2) is 0 Å². The Balaban J connectivity index is 1.53. The Labute approximate surface area is 192 Å². The molecule has 2 bridgehead atoms. The third kappa shape index (κ3) is 3.47. The molecule has 1 heterocycles. The summed E-state index contributed by atoms with van der Waals surface area (Å²) < 4.78 is 17.3. The van der Waals surface area contributed by atoms with Crippen LogP contribution in [0.1, 0.15) is 52.4 Å². The van der Waals surface area contributed by atoms with Crippen LogP contribution in [0.25, 0.3) is 0 Å². The molecular weight excluding hydrogens is 590 g/mol. The Morgan fingerprint density at radius 2 is 1.93 bits per heavy atom. The van der Waals surface area contributed by atoms with Crippen LogP contribution < -0.4 is 0 Å². The minimum Gasteiger partial charge on any atom is -0.459 e. The van der Waals surface area contributed by atoms with E-state index < -0.39 is 33.1 Å². The molecule has 0 aromatic carbocycles. The first-order valence-corrected chi connectivity index (χ1v) is 12.7. The fraction of sp³-hybridized carbons (Fsp3) is 0.850. The lowest BCUT2D eigenvalue weighted by atomic mass is 9.78. The van der Waals surface area contributed by atoms with Crippen molar-refractivity contribution in [2.75, 3.05) is 4.43 Å². The number of hydrogen-bond acceptors (Lipinski definition) is 6. The van der Waals surface area contributed by atoms with Gasteiger partial charge < -0.3 is 14.2 Å². The topological polar surface area (TPSA) is 78.9 Å². The molecule has 0 radical (unpaired) electrons. The summed E-state index contributed by atoms with van der Waals surface area (Å²) >= 11 is 4.25. The second-order valence-electron chi connectivity index (χ2n) is 9.15. The molecule has 4 aliphatic rings. The summed E-state index contributed by atoms with van der Waals surface area (Å²) in [7, 11) is 0. The van der Waals surface area contributed by atoms with Gasteiger partial charge in [-0.2, -0.15) is 0 Å². The van der Waals surface area contributed by atoms with Crippen LogP contribution in [0.2, 0.25) is 0 Å². The van der Waals surface area contributed by atoms with Crippen molar-refractivity contribution in [1.82, 2.24) is 0 Å². The van der Waals surface area contributed by atoms with E-state index in [0.29, 0.717) is 10.8 Å². The molecule has 3 saturated carbocycles. The Morgan fingerprint density at radius 3 is 2.57 bits per heavy atom. The summed E-state index contributed by atoms with van der Waals surface area (Å²) in [5.41, 5.74) is -0.451. The van der Waals surface area contributed by atoms with Crippen LogP contribution in [0, 0.1) is 23.7 Å². The number of esters is 3. The number of ether oxygens (including phenoxy) is 3. The molecule has 7 unspecified atom stereocenters. The minimum absolute atomic E-state index is 0.0490. The van der Waals surface area contributed by atoms with Crippen molar-refractivity contribution in [2.45, 2.75) is 73.6 Å². The quantitative estimate of drug-likeness (QED) is 0.204. The fourth-order valence-electron chi connectivity index (χ4n) is 5.48. The van der Waals surface area contributed by atoms with Crippen LogP contribution in [0.4, 0.5) is 0 Å². The van der Waals surface area contributed by atoms with Crippen LogP contribution in [0.3, 0.4) is 0 Å². The molecule has 156 valence electrons. The number of carbonyl (C=O) groups excluding carboxylic acids is 3. The second kappa shape index (κ2) is 7.53. The molecule has 0 aromatic rings. The molecule has 7 atom stereocenters. The second-order valence-corrected chi connectivity index (χ2v) is 12.3. The van der Waals surface area contributed by atoms with Gasteiger partial charge in [0.05, 0.1) is 11.8 Å². The summed E-state index contributed by atoms with van der Waals surface area (Å²) in [6.45, 7) is 3.82. The highest BCUT2D eigenvalue weighted by molar-refractivity contribution is 14.1. The highest BCUT2D eigenvalue weighted by Gasteiger charge is 2.70. The van der Waals surface area contributed by atoms with Crippen molar-refractivity contribution in [1.29, 1.82) is 0 Å². The van der Waals surface area contributed by atoms with Crippen LogP contribution in [0.5, 0.6) is 0 Å². The zero-order valence-corrected chi connectivity index (χ0v) is 20.4. The Hall–Kier alpha value is -0.130. The van der Waals surface area contributed by atoms with Gasteiger partial charge in [0.2, 0.25) is 0 Å². The molecule has 6 nitrogen and oxygen atoms in total. The predicted octanol–water partition coefficient (Wildman–Crippen LogP) is 3.60. The molecular formula is C20H26I2O6. The number of fused-ring (bicyclic) bond motifs is 1. The summed E-state index contributed by atoms with van der Waals surface area (Å²) in [6, 6.07) is 0. The monoisotopic (exact) mass is 616 g/mol. The van der Waals surface area contributed by atoms with Gasteiger partial charge in [-0.05, 0) is 46.0 Å². The van der Waals surface area contributed by atoms with Crippen molar-refractivity contribution >= 4 is 63.1 Å². The van der Waals surface area contributed by atoms with E-state index in [0.717, 1.165) is 25.7 Å². The van der Waals surface area contributed by atoms with E-state index in [2.05, 4.69) is 45.2 Å². The normalized spacial score (nSPS) is 39.9. The standard InChI is InChI=1S/C20H26I2O6/c1-19(6-4-3-5-7-19)28-17(24)13-11-8-10-12(13)16(23)26-14(10)15(11)27-18(25)20(2,22)9-21/h10-15H,3-9H2,1-2H3. The number of carbonyl (C=O) groups is 3. The number of alkyl halides is 2. The lowest BCUT2D eigenvalue weighted by Gasteiger charge is -2.37. The third-order valence-corrected chi connectivity index (χ3v) is 10.8. The van der Waals surface area contributed by atoms with E-state index in [1.807, 2.05) is 13.8 Å². The first-order chi connectivity index (χ1) is 13.2. The maximum Gasteiger partial charge on any atom is 0.322 e. The molecule has 0 amide bonds. The average molecular weight is 616 g/mol. The predicted molar refractivity (Wildman–Crippen MR) is 117 cm³/mol. The molecule has 0 spiro atoms. The Bertz CT molecular complexity index is 686. The number of halogens is 2. The summed E-state index contributed by atoms with van der Waals surface area (Å²) in [6.07, 6.45) is 4.71. The Kier molecular flexibility index (Phi) is 5.68. The van der Waals surface area contributed by atoms with Crippen LogP contribution in [0.15, 0.2) is 0 Å². The van der Waals surface area contributed by atoms with Crippen LogP contribution >= 0.6 is 45.2 Å². The van der Waals surface area contributed by atoms with Crippen LogP contribution in [-0.2, 0) is 28.6 Å². The molecule has 4 fully saturated rings. The zero-order valence-electron chi connectivity index (χ0n) is 16.1. The number of hydrogen-bond donors (Lipinski definition) is 0. The lowest BCUT2D eigenvalue weighted by molar-refractivity contribution is -0.176. The highest BCUT2D eigenvalue weighted by atomic mass is 127. The summed E-state index contributed by atoms with van der Waals surface area (Å²) in [5.74, 6) is -2.22. The molecule has 3 aliphatic carbocycles. The van der Waals surface area contributed by atoms with Crippen molar-refractivity contribution in [3.63, 3.8) is 0 Å². The average Bonchev–Trinajstić information content (AvgIpc) is 3.25. The largest absolute Gasteiger partial charge is 0.459 e. The maximum absolute atomic E-state index is 13.2. The van der Waals surface area contributed by atoms with Crippen molar-refractivity contribution < 1.29 is 28.6 Å². The van der Waals surface area contributed by atoms with E-state index in [-0.39, 0.29) is 29.7 Å². The molecule has 4 rings (SSSR count). The van der Waals surface area contributed by atoms with Crippen molar-refractivity contribution in [3.8, 4) is 0 Å². The van der Waals surface area contributed by atoms with Crippen molar-refractivity contribution in [2.24, 2.45) is 23.7 Å². The molecule has 8 heteroatoms. The number of rotatable bonds is 5. The molecule has 0 aromatic heterocycles. The first-order valence-electron chi connectivity index (χ1n) is 10.1. The van der Waals surface area contributed by atoms with Gasteiger partial charge in [-0.3, -0.25) is 14.4 Å². The zero-order chi connectivity index (χ0) is 20.3. The molecule has 0 N–H and O–H groups in total. The van der Waals surface area contributed by atoms with Gasteiger partial charge in [0, 0.05) is 16.3 Å². The SMILES string of the molecule is CC1(OC(=O)C2C3CC4C(OC(=O)C42)C3OC(=O)C(C)(I)CI)CCCCC1.